The van der Waals surface area contributed by atoms with E-state index in [1.165, 1.54) is 0 Å². The lowest BCUT2D eigenvalue weighted by molar-refractivity contribution is 0.0683. The van der Waals surface area contributed by atoms with Crippen LogP contribution in [0.5, 0.6) is 0 Å². The molecule has 0 saturated carbocycles. The largest absolute Gasteiger partial charge is 0.390 e. The van der Waals surface area contributed by atoms with Crippen molar-refractivity contribution in [3.63, 3.8) is 0 Å². The number of unbranched alkanes of at least 4 members (excludes halogenated alkanes) is 2. The van der Waals surface area contributed by atoms with Gasteiger partial charge in [0.25, 0.3) is 0 Å². The first-order valence-electron chi connectivity index (χ1n) is 7.64. The van der Waals surface area contributed by atoms with Gasteiger partial charge in [0.2, 0.25) is 0 Å². The molecule has 0 spiro atoms. The van der Waals surface area contributed by atoms with Crippen molar-refractivity contribution < 1.29 is 5.11 Å². The molecule has 0 aliphatic rings. The first-order chi connectivity index (χ1) is 10.2. The quantitative estimate of drug-likeness (QED) is 0.671. The molecule has 0 saturated heterocycles. The van der Waals surface area contributed by atoms with Gasteiger partial charge >= 0.3 is 0 Å². The van der Waals surface area contributed by atoms with Gasteiger partial charge in [-0.2, -0.15) is 5.10 Å². The molecule has 1 rings (SSSR count). The zero-order chi connectivity index (χ0) is 16.8. The Hall–Kier alpha value is -1.91. The summed E-state index contributed by atoms with van der Waals surface area (Å²) in [5.74, 6) is 12.0. The fourth-order valence-electron chi connectivity index (χ4n) is 2.29. The van der Waals surface area contributed by atoms with Gasteiger partial charge in [-0.1, -0.05) is 5.92 Å². The predicted molar refractivity (Wildman–Crippen MR) is 91.7 cm³/mol. The van der Waals surface area contributed by atoms with Crippen molar-refractivity contribution in [3.8, 4) is 23.7 Å². The highest BCUT2D eigenvalue weighted by Crippen LogP contribution is 2.21. The molecule has 1 N–H and O–H groups in total. The number of rotatable bonds is 5. The number of hydrogen-bond acceptors (Lipinski definition) is 3. The maximum Gasteiger partial charge on any atom is 0.135 e. The number of anilines is 1. The highest BCUT2D eigenvalue weighted by Gasteiger charge is 2.12. The summed E-state index contributed by atoms with van der Waals surface area (Å²) >= 11 is 0. The van der Waals surface area contributed by atoms with E-state index in [0.29, 0.717) is 0 Å². The van der Waals surface area contributed by atoms with Crippen LogP contribution in [-0.4, -0.2) is 34.6 Å². The van der Waals surface area contributed by atoms with Gasteiger partial charge in [0.15, 0.2) is 0 Å². The average molecular weight is 301 g/mol. The molecule has 0 amide bonds. The van der Waals surface area contributed by atoms with E-state index in [1.54, 1.807) is 4.68 Å². The average Bonchev–Trinajstić information content (AvgIpc) is 2.66. The Labute approximate surface area is 134 Å². The summed E-state index contributed by atoms with van der Waals surface area (Å²) in [5, 5.41) is 14.0. The summed E-state index contributed by atoms with van der Waals surface area (Å²) < 4.78 is 1.79. The number of aryl methyl sites for hydroxylation is 2. The number of aromatic nitrogens is 2. The molecular formula is C18H27N3O. The molecule has 1 aromatic heterocycles. The number of hydrogen-bond donors (Lipinski definition) is 1. The van der Waals surface area contributed by atoms with Gasteiger partial charge in [0.1, 0.15) is 5.69 Å². The van der Waals surface area contributed by atoms with Crippen LogP contribution in [0, 0.1) is 30.6 Å². The second kappa shape index (κ2) is 7.92. The normalized spacial score (nSPS) is 10.5. The van der Waals surface area contributed by atoms with Crippen LogP contribution in [0.1, 0.15) is 50.9 Å². The summed E-state index contributed by atoms with van der Waals surface area (Å²) in [7, 11) is 5.88. The van der Waals surface area contributed by atoms with E-state index in [9.17, 15) is 5.11 Å². The molecule has 0 aliphatic carbocycles. The molecule has 0 atom stereocenters. The highest BCUT2D eigenvalue weighted by molar-refractivity contribution is 5.61. The Morgan fingerprint density at radius 2 is 1.91 bits per heavy atom. The standard InChI is InChI=1S/C18H27N3O/c1-15-17(20(4)5)16(21(6)19-15)13-11-9-7-8-10-12-14-18(2,3)22/h22H,8,10,12,14H2,1-6H3. The van der Waals surface area contributed by atoms with Gasteiger partial charge in [-0.3, -0.25) is 4.68 Å². The van der Waals surface area contributed by atoms with Crippen molar-refractivity contribution in [2.24, 2.45) is 7.05 Å². The summed E-state index contributed by atoms with van der Waals surface area (Å²) in [6.45, 7) is 5.65. The molecule has 22 heavy (non-hydrogen) atoms. The Kier molecular flexibility index (Phi) is 6.53. The van der Waals surface area contributed by atoms with Crippen molar-refractivity contribution in [1.29, 1.82) is 0 Å². The Morgan fingerprint density at radius 1 is 1.23 bits per heavy atom. The van der Waals surface area contributed by atoms with Crippen LogP contribution in [-0.2, 0) is 7.05 Å². The fraction of sp³-hybridized carbons (Fsp3) is 0.611. The number of nitrogens with zero attached hydrogens (tertiary/aromatic N) is 3. The summed E-state index contributed by atoms with van der Waals surface area (Å²) in [6.07, 6.45) is 3.60. The van der Waals surface area contributed by atoms with Gasteiger partial charge in [0.05, 0.1) is 17.0 Å². The van der Waals surface area contributed by atoms with E-state index in [0.717, 1.165) is 42.8 Å². The van der Waals surface area contributed by atoms with Gasteiger partial charge in [-0.05, 0) is 57.8 Å². The summed E-state index contributed by atoms with van der Waals surface area (Å²) in [5.41, 5.74) is 2.32. The minimum atomic E-state index is -0.576. The lowest BCUT2D eigenvalue weighted by Crippen LogP contribution is -2.17. The van der Waals surface area contributed by atoms with Crippen molar-refractivity contribution in [2.45, 2.75) is 52.1 Å². The Bertz CT molecular complexity index is 613. The molecule has 0 bridgehead atoms. The maximum atomic E-state index is 9.61. The van der Waals surface area contributed by atoms with E-state index in [-0.39, 0.29) is 0 Å². The SMILES string of the molecule is Cc1nn(C)c(C#CC#CCCCCC(C)(C)O)c1N(C)C. The Morgan fingerprint density at radius 3 is 2.50 bits per heavy atom. The van der Waals surface area contributed by atoms with Crippen LogP contribution in [0.2, 0.25) is 0 Å². The lowest BCUT2D eigenvalue weighted by atomic mass is 10.0. The molecule has 120 valence electrons. The van der Waals surface area contributed by atoms with Crippen molar-refractivity contribution >= 4 is 5.69 Å². The minimum Gasteiger partial charge on any atom is -0.390 e. The molecule has 1 aromatic rings. The molecule has 0 fully saturated rings. The van der Waals surface area contributed by atoms with E-state index in [1.807, 2.05) is 46.8 Å². The van der Waals surface area contributed by atoms with Gasteiger partial charge in [-0.25, -0.2) is 0 Å². The highest BCUT2D eigenvalue weighted by atomic mass is 16.3. The van der Waals surface area contributed by atoms with Crippen molar-refractivity contribution in [3.05, 3.63) is 11.4 Å². The van der Waals surface area contributed by atoms with Gasteiger partial charge < -0.3 is 10.0 Å². The van der Waals surface area contributed by atoms with Crippen molar-refractivity contribution in [2.75, 3.05) is 19.0 Å². The second-order valence-corrected chi connectivity index (χ2v) is 6.37. The monoisotopic (exact) mass is 301 g/mol. The van der Waals surface area contributed by atoms with E-state index < -0.39 is 5.60 Å². The fourth-order valence-corrected chi connectivity index (χ4v) is 2.29. The van der Waals surface area contributed by atoms with Gasteiger partial charge in [-0.15, -0.1) is 0 Å². The molecule has 0 aromatic carbocycles. The van der Waals surface area contributed by atoms with Gasteiger partial charge in [0, 0.05) is 27.6 Å². The zero-order valence-electron chi connectivity index (χ0n) is 14.6. The summed E-state index contributed by atoms with van der Waals surface area (Å²) in [4.78, 5) is 2.02. The van der Waals surface area contributed by atoms with Crippen LogP contribution in [0.15, 0.2) is 0 Å². The number of aliphatic hydroxyl groups is 1. The molecular weight excluding hydrogens is 274 g/mol. The summed E-state index contributed by atoms with van der Waals surface area (Å²) in [6, 6.07) is 0. The second-order valence-electron chi connectivity index (χ2n) is 6.37. The third-order valence-corrected chi connectivity index (χ3v) is 3.31. The lowest BCUT2D eigenvalue weighted by Gasteiger charge is -2.15. The topological polar surface area (TPSA) is 41.3 Å². The van der Waals surface area contributed by atoms with Crippen LogP contribution in [0.3, 0.4) is 0 Å². The van der Waals surface area contributed by atoms with Crippen LogP contribution >= 0.6 is 0 Å². The molecule has 0 radical (unpaired) electrons. The van der Waals surface area contributed by atoms with E-state index >= 15 is 0 Å². The van der Waals surface area contributed by atoms with Crippen LogP contribution < -0.4 is 4.90 Å². The van der Waals surface area contributed by atoms with E-state index in [2.05, 4.69) is 28.8 Å². The predicted octanol–water partition coefficient (Wildman–Crippen LogP) is 2.48. The maximum absolute atomic E-state index is 9.61. The first kappa shape index (κ1) is 18.1. The van der Waals surface area contributed by atoms with Crippen LogP contribution in [0.25, 0.3) is 0 Å². The molecule has 1 heterocycles. The van der Waals surface area contributed by atoms with E-state index in [4.69, 9.17) is 0 Å². The smallest absolute Gasteiger partial charge is 0.135 e. The first-order valence-corrected chi connectivity index (χ1v) is 7.64. The van der Waals surface area contributed by atoms with Crippen LogP contribution in [0.4, 0.5) is 5.69 Å². The molecule has 4 heteroatoms. The zero-order valence-corrected chi connectivity index (χ0v) is 14.6. The Balaban J connectivity index is 2.58. The molecule has 0 unspecified atom stereocenters. The van der Waals surface area contributed by atoms with Crippen molar-refractivity contribution in [1.82, 2.24) is 9.78 Å². The third-order valence-electron chi connectivity index (χ3n) is 3.31. The third kappa shape index (κ3) is 5.84. The minimum absolute atomic E-state index is 0.576. The molecule has 0 aliphatic heterocycles. The molecule has 4 nitrogen and oxygen atoms in total.